The van der Waals surface area contributed by atoms with Crippen LogP contribution in [0.2, 0.25) is 0 Å². The Labute approximate surface area is 112 Å². The Hall–Kier alpha value is -0.570. The number of nitrogens with one attached hydrogen (secondary N) is 1. The highest BCUT2D eigenvalue weighted by Gasteiger charge is 2.20. The first-order chi connectivity index (χ1) is 8.63. The third-order valence-electron chi connectivity index (χ3n) is 4.26. The number of carbonyl (C=O) groups excluding carboxylic acids is 1. The molecule has 3 nitrogen and oxygen atoms in total. The molecule has 3 N–H and O–H groups in total. The van der Waals surface area contributed by atoms with Crippen molar-refractivity contribution >= 4 is 5.91 Å². The van der Waals surface area contributed by atoms with Crippen LogP contribution in [0.1, 0.15) is 65.2 Å². The quantitative estimate of drug-likeness (QED) is 0.716. The molecule has 0 aliphatic heterocycles. The summed E-state index contributed by atoms with van der Waals surface area (Å²) < 4.78 is 0. The van der Waals surface area contributed by atoms with Crippen LogP contribution in [0.25, 0.3) is 0 Å². The summed E-state index contributed by atoms with van der Waals surface area (Å²) in [7, 11) is 0. The maximum Gasteiger partial charge on any atom is 0.220 e. The summed E-state index contributed by atoms with van der Waals surface area (Å²) in [4.78, 5) is 11.9. The van der Waals surface area contributed by atoms with Crippen molar-refractivity contribution in [1.82, 2.24) is 5.32 Å². The van der Waals surface area contributed by atoms with Crippen LogP contribution in [0.15, 0.2) is 0 Å². The third-order valence-corrected chi connectivity index (χ3v) is 4.26. The average molecular weight is 254 g/mol. The Morgan fingerprint density at radius 2 is 1.83 bits per heavy atom. The van der Waals surface area contributed by atoms with E-state index in [1.807, 2.05) is 0 Å². The lowest BCUT2D eigenvalue weighted by molar-refractivity contribution is -0.122. The molecule has 1 rings (SSSR count). The molecule has 1 amide bonds. The highest BCUT2D eigenvalue weighted by Crippen LogP contribution is 2.25. The zero-order chi connectivity index (χ0) is 13.4. The van der Waals surface area contributed by atoms with Gasteiger partial charge in [0.15, 0.2) is 0 Å². The number of rotatable bonds is 6. The molecular weight excluding hydrogens is 224 g/mol. The molecule has 1 aliphatic carbocycles. The summed E-state index contributed by atoms with van der Waals surface area (Å²) in [6.07, 6.45) is 9.47. The lowest BCUT2D eigenvalue weighted by atomic mass is 9.93. The predicted octanol–water partition coefficient (Wildman–Crippen LogP) is 2.84. The second kappa shape index (κ2) is 8.52. The Morgan fingerprint density at radius 3 is 2.39 bits per heavy atom. The van der Waals surface area contributed by atoms with Gasteiger partial charge in [0.25, 0.3) is 0 Å². The van der Waals surface area contributed by atoms with Crippen molar-refractivity contribution in [2.24, 2.45) is 17.6 Å². The zero-order valence-corrected chi connectivity index (χ0v) is 12.1. The normalized spacial score (nSPS) is 21.1. The van der Waals surface area contributed by atoms with Gasteiger partial charge in [0, 0.05) is 12.5 Å². The average Bonchev–Trinajstić information content (AvgIpc) is 2.64. The van der Waals surface area contributed by atoms with E-state index in [0.29, 0.717) is 30.8 Å². The van der Waals surface area contributed by atoms with Crippen molar-refractivity contribution in [3.8, 4) is 0 Å². The van der Waals surface area contributed by atoms with E-state index in [9.17, 15) is 4.79 Å². The fourth-order valence-corrected chi connectivity index (χ4v) is 2.75. The van der Waals surface area contributed by atoms with Gasteiger partial charge in [-0.1, -0.05) is 32.6 Å². The number of hydrogen-bond donors (Lipinski definition) is 2. The lowest BCUT2D eigenvalue weighted by Gasteiger charge is -2.23. The van der Waals surface area contributed by atoms with E-state index in [4.69, 9.17) is 5.73 Å². The molecule has 0 spiro atoms. The molecule has 1 unspecified atom stereocenters. The van der Waals surface area contributed by atoms with Crippen LogP contribution in [-0.2, 0) is 4.79 Å². The molecule has 1 fully saturated rings. The van der Waals surface area contributed by atoms with Gasteiger partial charge in [-0.15, -0.1) is 0 Å². The summed E-state index contributed by atoms with van der Waals surface area (Å²) >= 11 is 0. The zero-order valence-electron chi connectivity index (χ0n) is 12.1. The van der Waals surface area contributed by atoms with Crippen LogP contribution >= 0.6 is 0 Å². The van der Waals surface area contributed by atoms with Crippen molar-refractivity contribution < 1.29 is 4.79 Å². The van der Waals surface area contributed by atoms with E-state index in [1.54, 1.807) is 0 Å². The highest BCUT2D eigenvalue weighted by atomic mass is 16.1. The first kappa shape index (κ1) is 15.5. The number of hydrogen-bond acceptors (Lipinski definition) is 2. The molecular formula is C15H30N2O. The number of carbonyl (C=O) groups is 1. The molecule has 0 aromatic heterocycles. The molecule has 0 heterocycles. The Morgan fingerprint density at radius 1 is 1.22 bits per heavy atom. The molecule has 0 saturated heterocycles. The van der Waals surface area contributed by atoms with Crippen molar-refractivity contribution in [3.05, 3.63) is 0 Å². The molecule has 0 radical (unpaired) electrons. The molecule has 2 atom stereocenters. The van der Waals surface area contributed by atoms with Crippen LogP contribution < -0.4 is 11.1 Å². The van der Waals surface area contributed by atoms with Gasteiger partial charge in [-0.05, 0) is 44.6 Å². The topological polar surface area (TPSA) is 55.1 Å². The molecule has 1 saturated carbocycles. The monoisotopic (exact) mass is 254 g/mol. The third kappa shape index (κ3) is 5.85. The van der Waals surface area contributed by atoms with Crippen LogP contribution in [-0.4, -0.2) is 18.5 Å². The molecule has 18 heavy (non-hydrogen) atoms. The molecule has 0 aromatic rings. The van der Waals surface area contributed by atoms with Crippen LogP contribution in [0.4, 0.5) is 0 Å². The van der Waals surface area contributed by atoms with Gasteiger partial charge >= 0.3 is 0 Å². The van der Waals surface area contributed by atoms with Crippen molar-refractivity contribution in [3.63, 3.8) is 0 Å². The SMILES string of the molecule is CC(CN)CCC(=O)N[C@H](C)C1CCCCCC1. The van der Waals surface area contributed by atoms with Gasteiger partial charge in [-0.3, -0.25) is 4.79 Å². The van der Waals surface area contributed by atoms with E-state index < -0.39 is 0 Å². The van der Waals surface area contributed by atoms with Gasteiger partial charge < -0.3 is 11.1 Å². The van der Waals surface area contributed by atoms with E-state index in [0.717, 1.165) is 6.42 Å². The minimum atomic E-state index is 0.201. The molecule has 106 valence electrons. The van der Waals surface area contributed by atoms with Crippen molar-refractivity contribution in [2.75, 3.05) is 6.54 Å². The Bertz CT molecular complexity index is 235. The van der Waals surface area contributed by atoms with Gasteiger partial charge in [0.05, 0.1) is 0 Å². The lowest BCUT2D eigenvalue weighted by Crippen LogP contribution is -2.38. The Balaban J connectivity index is 2.25. The fourth-order valence-electron chi connectivity index (χ4n) is 2.75. The van der Waals surface area contributed by atoms with Gasteiger partial charge in [-0.25, -0.2) is 0 Å². The molecule has 3 heteroatoms. The highest BCUT2D eigenvalue weighted by molar-refractivity contribution is 5.76. The fraction of sp³-hybridized carbons (Fsp3) is 0.933. The van der Waals surface area contributed by atoms with Crippen LogP contribution in [0.3, 0.4) is 0 Å². The number of nitrogens with two attached hydrogens (primary N) is 1. The van der Waals surface area contributed by atoms with Gasteiger partial charge in [-0.2, -0.15) is 0 Å². The first-order valence-corrected chi connectivity index (χ1v) is 7.63. The second-order valence-corrected chi connectivity index (χ2v) is 5.99. The van der Waals surface area contributed by atoms with Crippen LogP contribution in [0, 0.1) is 11.8 Å². The molecule has 0 bridgehead atoms. The van der Waals surface area contributed by atoms with Crippen LogP contribution in [0.5, 0.6) is 0 Å². The predicted molar refractivity (Wildman–Crippen MR) is 76.2 cm³/mol. The van der Waals surface area contributed by atoms with Gasteiger partial charge in [0.2, 0.25) is 5.91 Å². The first-order valence-electron chi connectivity index (χ1n) is 7.63. The van der Waals surface area contributed by atoms with E-state index in [1.165, 1.54) is 38.5 Å². The summed E-state index contributed by atoms with van der Waals surface area (Å²) in [5.74, 6) is 1.33. The summed E-state index contributed by atoms with van der Waals surface area (Å²) in [6.45, 7) is 4.94. The Kier molecular flexibility index (Phi) is 7.33. The largest absolute Gasteiger partial charge is 0.353 e. The summed E-state index contributed by atoms with van der Waals surface area (Å²) in [6, 6.07) is 0.337. The summed E-state index contributed by atoms with van der Waals surface area (Å²) in [5, 5.41) is 3.18. The van der Waals surface area contributed by atoms with E-state index >= 15 is 0 Å². The van der Waals surface area contributed by atoms with Crippen molar-refractivity contribution in [2.45, 2.75) is 71.3 Å². The van der Waals surface area contributed by atoms with Gasteiger partial charge in [0.1, 0.15) is 0 Å². The second-order valence-electron chi connectivity index (χ2n) is 5.99. The maximum atomic E-state index is 11.9. The van der Waals surface area contributed by atoms with E-state index in [2.05, 4.69) is 19.2 Å². The minimum Gasteiger partial charge on any atom is -0.353 e. The minimum absolute atomic E-state index is 0.201. The summed E-state index contributed by atoms with van der Waals surface area (Å²) in [5.41, 5.74) is 5.56. The number of amides is 1. The maximum absolute atomic E-state index is 11.9. The van der Waals surface area contributed by atoms with E-state index in [-0.39, 0.29) is 5.91 Å². The molecule has 1 aliphatic rings. The standard InChI is InChI=1S/C15H30N2O/c1-12(11-16)9-10-15(18)17-13(2)14-7-5-3-4-6-8-14/h12-14H,3-11,16H2,1-2H3,(H,17,18)/t12?,13-/m1/s1. The van der Waals surface area contributed by atoms with Crippen molar-refractivity contribution in [1.29, 1.82) is 0 Å². The smallest absolute Gasteiger partial charge is 0.220 e. The molecule has 0 aromatic carbocycles.